The molecule has 37 heavy (non-hydrogen) atoms. The van der Waals surface area contributed by atoms with Gasteiger partial charge in [0.05, 0.1) is 12.9 Å². The van der Waals surface area contributed by atoms with Gasteiger partial charge in [-0.15, -0.1) is 0 Å². The number of aliphatic hydroxyl groups is 2. The summed E-state index contributed by atoms with van der Waals surface area (Å²) in [5.74, 6) is -0.801. The Morgan fingerprint density at radius 2 is 1.76 bits per heavy atom. The van der Waals surface area contributed by atoms with E-state index in [-0.39, 0.29) is 10.9 Å². The van der Waals surface area contributed by atoms with Crippen molar-refractivity contribution in [3.05, 3.63) is 11.6 Å². The van der Waals surface area contributed by atoms with Crippen molar-refractivity contribution in [2.45, 2.75) is 63.1 Å². The van der Waals surface area contributed by atoms with Gasteiger partial charge in [-0.05, 0) is 42.7 Å². The van der Waals surface area contributed by atoms with Crippen molar-refractivity contribution < 1.29 is 43.3 Å². The summed E-state index contributed by atoms with van der Waals surface area (Å²) < 4.78 is 34.9. The Balaban J connectivity index is 1.34. The molecule has 1 spiro atoms. The highest BCUT2D eigenvalue weighted by Crippen LogP contribution is 2.55. The number of fused-ring (bicyclic) bond motifs is 1. The van der Waals surface area contributed by atoms with Crippen LogP contribution in [0.5, 0.6) is 0 Å². The molecule has 3 aliphatic rings. The number of aromatic nitrogens is 4. The largest absolute Gasteiger partial charge is 0.387 e. The molecule has 5 N–H and O–H groups in total. The number of hydrogen-bond donors (Lipinski definition) is 5. The Morgan fingerprint density at radius 3 is 2.41 bits per heavy atom. The van der Waals surface area contributed by atoms with Gasteiger partial charge in [0.1, 0.15) is 18.3 Å². The van der Waals surface area contributed by atoms with Gasteiger partial charge in [-0.2, -0.15) is 9.97 Å². The monoisotopic (exact) mass is 581 g/mol. The fourth-order valence-corrected chi connectivity index (χ4v) is 8.39. The minimum absolute atomic E-state index is 0.0167. The van der Waals surface area contributed by atoms with Crippen molar-refractivity contribution in [2.24, 2.45) is 5.41 Å². The van der Waals surface area contributed by atoms with Crippen molar-refractivity contribution >= 4 is 43.8 Å². The first-order valence-corrected chi connectivity index (χ1v) is 16.0. The summed E-state index contributed by atoms with van der Waals surface area (Å²) in [6.07, 6.45) is 3.10. The topological polar surface area (TPSA) is 201 Å². The van der Waals surface area contributed by atoms with Gasteiger partial charge in [0.15, 0.2) is 29.1 Å². The molecule has 0 aromatic carbocycles. The zero-order chi connectivity index (χ0) is 26.6. The molecule has 14 nitrogen and oxygen atoms in total. The lowest BCUT2D eigenvalue weighted by atomic mass is 9.77. The first kappa shape index (κ1) is 27.4. The summed E-state index contributed by atoms with van der Waals surface area (Å²) in [6.45, 7) is 0.934. The van der Waals surface area contributed by atoms with Crippen LogP contribution in [-0.4, -0.2) is 88.3 Å². The van der Waals surface area contributed by atoms with Crippen molar-refractivity contribution in [1.82, 2.24) is 19.5 Å². The molecule has 17 heteroatoms. The average Bonchev–Trinajstić information content (AvgIpc) is 3.50. The van der Waals surface area contributed by atoms with Crippen LogP contribution in [-0.2, 0) is 18.4 Å². The highest BCUT2D eigenvalue weighted by Gasteiger charge is 2.46. The minimum atomic E-state index is -4.82. The predicted octanol–water partition coefficient (Wildman–Crippen LogP) is 1.60. The molecule has 1 aliphatic carbocycles. The number of ether oxygens (including phenoxy) is 1. The lowest BCUT2D eigenvalue weighted by Gasteiger charge is -2.39. The van der Waals surface area contributed by atoms with Crippen LogP contribution < -0.4 is 4.90 Å². The van der Waals surface area contributed by atoms with Gasteiger partial charge in [-0.3, -0.25) is 13.7 Å². The summed E-state index contributed by atoms with van der Waals surface area (Å²) in [5, 5.41) is 21.1. The van der Waals surface area contributed by atoms with E-state index in [4.69, 9.17) is 30.6 Å². The predicted molar refractivity (Wildman–Crippen MR) is 131 cm³/mol. The van der Waals surface area contributed by atoms with Crippen LogP contribution in [0.1, 0.15) is 44.8 Å². The molecule has 2 saturated heterocycles. The summed E-state index contributed by atoms with van der Waals surface area (Å²) >= 11 is 6.26. The van der Waals surface area contributed by atoms with Crippen LogP contribution in [0.25, 0.3) is 11.2 Å². The number of imidazole rings is 1. The van der Waals surface area contributed by atoms with E-state index in [2.05, 4.69) is 19.9 Å². The third-order valence-electron chi connectivity index (χ3n) is 7.58. The first-order valence-electron chi connectivity index (χ1n) is 12.0. The van der Waals surface area contributed by atoms with Crippen LogP contribution in [0.15, 0.2) is 6.33 Å². The second-order valence-electron chi connectivity index (χ2n) is 10.1. The van der Waals surface area contributed by atoms with Gasteiger partial charge in [0, 0.05) is 13.1 Å². The maximum atomic E-state index is 12.0. The van der Waals surface area contributed by atoms with Gasteiger partial charge in [0.25, 0.3) is 0 Å². The standard InChI is InChI=1S/C20H30ClN5O9P2/c21-19-23-16(25-7-5-20(6-8-25)3-1-2-4-20)13-17(24-19)26(10-22-13)18-15(28)14(27)12(35-18)9-34-37(32,33)11-36(29,30)31/h10,12,14-15,18,27-28H,1-9,11H2,(H,32,33)(H2,29,30,31)/t12-,14+,15?,18-/m1/s1. The van der Waals surface area contributed by atoms with Crippen molar-refractivity contribution in [2.75, 3.05) is 30.5 Å². The van der Waals surface area contributed by atoms with Crippen LogP contribution in [0.4, 0.5) is 5.82 Å². The Labute approximate surface area is 217 Å². The quantitative estimate of drug-likeness (QED) is 0.233. The minimum Gasteiger partial charge on any atom is -0.387 e. The molecule has 0 amide bonds. The van der Waals surface area contributed by atoms with Gasteiger partial charge in [0.2, 0.25) is 5.28 Å². The van der Waals surface area contributed by atoms with Crippen molar-refractivity contribution in [3.8, 4) is 0 Å². The molecule has 0 bridgehead atoms. The lowest BCUT2D eigenvalue weighted by Crippen LogP contribution is -2.39. The second-order valence-corrected chi connectivity index (χ2v) is 14.5. The molecule has 4 heterocycles. The smallest absolute Gasteiger partial charge is 0.340 e. The number of rotatable bonds is 7. The number of piperidine rings is 1. The molecule has 2 aromatic heterocycles. The third kappa shape index (κ3) is 5.74. The summed E-state index contributed by atoms with van der Waals surface area (Å²) in [5.41, 5.74) is 1.14. The van der Waals surface area contributed by atoms with Crippen LogP contribution in [0.2, 0.25) is 5.28 Å². The SMILES string of the molecule is O=P(O)(O)CP(=O)(O)OC[C@H]1O[C@@H](n2cnc3c(N4CCC5(CCCC5)CC4)nc(Cl)nc32)C(O)[C@H]1O. The summed E-state index contributed by atoms with van der Waals surface area (Å²) in [7, 11) is -9.49. The molecule has 2 unspecified atom stereocenters. The number of hydrogen-bond acceptors (Lipinski definition) is 10. The van der Waals surface area contributed by atoms with E-state index in [9.17, 15) is 24.2 Å². The fraction of sp³-hybridized carbons (Fsp3) is 0.750. The van der Waals surface area contributed by atoms with Crippen LogP contribution in [0, 0.1) is 5.41 Å². The Kier molecular flexibility index (Phi) is 7.47. The van der Waals surface area contributed by atoms with Gasteiger partial charge < -0.3 is 39.1 Å². The molecule has 5 atom stereocenters. The van der Waals surface area contributed by atoms with E-state index >= 15 is 0 Å². The molecule has 2 aromatic rings. The molecular weight excluding hydrogens is 552 g/mol. The zero-order valence-corrected chi connectivity index (χ0v) is 22.4. The first-order chi connectivity index (χ1) is 17.4. The van der Waals surface area contributed by atoms with Crippen LogP contribution >= 0.6 is 26.8 Å². The van der Waals surface area contributed by atoms with E-state index < -0.39 is 52.2 Å². The average molecular weight is 582 g/mol. The van der Waals surface area contributed by atoms with Crippen molar-refractivity contribution in [3.63, 3.8) is 0 Å². The number of halogens is 1. The zero-order valence-electron chi connectivity index (χ0n) is 19.8. The summed E-state index contributed by atoms with van der Waals surface area (Å²) in [4.78, 5) is 42.8. The van der Waals surface area contributed by atoms with E-state index in [1.165, 1.54) is 36.6 Å². The Hall–Kier alpha value is -1.18. The highest BCUT2D eigenvalue weighted by atomic mass is 35.5. The highest BCUT2D eigenvalue weighted by molar-refractivity contribution is 7.70. The van der Waals surface area contributed by atoms with E-state index in [0.29, 0.717) is 16.7 Å². The molecule has 206 valence electrons. The van der Waals surface area contributed by atoms with Gasteiger partial charge in [-0.25, -0.2) is 4.98 Å². The number of nitrogens with zero attached hydrogens (tertiary/aromatic N) is 5. The number of aliphatic hydroxyl groups excluding tert-OH is 2. The number of anilines is 1. The maximum Gasteiger partial charge on any atom is 0.340 e. The molecule has 2 aliphatic heterocycles. The molecule has 1 saturated carbocycles. The summed E-state index contributed by atoms with van der Waals surface area (Å²) in [6, 6.07) is 0. The van der Waals surface area contributed by atoms with Crippen molar-refractivity contribution in [1.29, 1.82) is 0 Å². The molecule has 3 fully saturated rings. The van der Waals surface area contributed by atoms with E-state index in [0.717, 1.165) is 25.9 Å². The Bertz CT molecular complexity index is 1240. The lowest BCUT2D eigenvalue weighted by molar-refractivity contribution is -0.0483. The third-order valence-corrected chi connectivity index (χ3v) is 11.2. The molecular formula is C20H30ClN5O9P2. The van der Waals surface area contributed by atoms with Gasteiger partial charge in [-0.1, -0.05) is 12.8 Å². The second kappa shape index (κ2) is 10.1. The maximum absolute atomic E-state index is 12.0. The Morgan fingerprint density at radius 1 is 1.08 bits per heavy atom. The van der Waals surface area contributed by atoms with Gasteiger partial charge >= 0.3 is 15.2 Å². The molecule has 5 rings (SSSR count). The van der Waals surface area contributed by atoms with Crippen LogP contribution in [0.3, 0.4) is 0 Å². The molecule has 0 radical (unpaired) electrons. The van der Waals surface area contributed by atoms with E-state index in [1.807, 2.05) is 0 Å². The van der Waals surface area contributed by atoms with E-state index in [1.54, 1.807) is 0 Å². The normalized spacial score (nSPS) is 29.8. The fourth-order valence-electron chi connectivity index (χ4n) is 5.66.